The van der Waals surface area contributed by atoms with Crippen molar-refractivity contribution in [2.75, 3.05) is 0 Å². The third-order valence-corrected chi connectivity index (χ3v) is 13.5. The van der Waals surface area contributed by atoms with E-state index in [1.54, 1.807) is 6.92 Å². The largest absolute Gasteiger partial charge is 0.390 e. The van der Waals surface area contributed by atoms with Gasteiger partial charge in [0.15, 0.2) is 0 Å². The molecule has 0 heterocycles. The van der Waals surface area contributed by atoms with Crippen molar-refractivity contribution >= 4 is 0 Å². The summed E-state index contributed by atoms with van der Waals surface area (Å²) < 4.78 is 14.3. The molecule has 0 bridgehead atoms. The predicted molar refractivity (Wildman–Crippen MR) is 142 cm³/mol. The maximum absolute atomic E-state index is 14.3. The molecule has 5 fully saturated rings. The van der Waals surface area contributed by atoms with E-state index in [-0.39, 0.29) is 0 Å². The molecule has 5 rings (SSSR count). The smallest absolute Gasteiger partial charge is 0.108 e. The molecule has 9 atom stereocenters. The monoisotopic (exact) mass is 490 g/mol. The third-order valence-electron chi connectivity index (χ3n) is 13.5. The van der Waals surface area contributed by atoms with Crippen molar-refractivity contribution in [2.24, 2.45) is 46.3 Å². The lowest BCUT2D eigenvalue weighted by Gasteiger charge is -2.62. The van der Waals surface area contributed by atoms with Crippen molar-refractivity contribution in [3.8, 4) is 0 Å². The van der Waals surface area contributed by atoms with Gasteiger partial charge in [0.25, 0.3) is 0 Å². The van der Waals surface area contributed by atoms with E-state index in [0.717, 1.165) is 55.8 Å². The van der Waals surface area contributed by atoms with Gasteiger partial charge in [-0.1, -0.05) is 27.7 Å². The zero-order valence-electron chi connectivity index (χ0n) is 23.6. The Labute approximate surface area is 215 Å². The summed E-state index contributed by atoms with van der Waals surface area (Å²) in [7, 11) is 0. The molecule has 202 valence electrons. The van der Waals surface area contributed by atoms with Crippen molar-refractivity contribution in [3.63, 3.8) is 0 Å². The molecular weight excluding hydrogens is 435 g/mol. The molecular formula is C32H55FO2. The van der Waals surface area contributed by atoms with Crippen molar-refractivity contribution < 1.29 is 14.6 Å². The van der Waals surface area contributed by atoms with Crippen LogP contribution in [0.3, 0.4) is 0 Å². The quantitative estimate of drug-likeness (QED) is 0.407. The van der Waals surface area contributed by atoms with E-state index in [4.69, 9.17) is 0 Å². The number of fused-ring (bicyclic) bond motifs is 5. The third kappa shape index (κ3) is 4.55. The second-order valence-corrected chi connectivity index (χ2v) is 15.3. The van der Waals surface area contributed by atoms with Gasteiger partial charge in [-0.25, -0.2) is 4.39 Å². The molecule has 0 aromatic carbocycles. The molecule has 0 spiro atoms. The summed E-state index contributed by atoms with van der Waals surface area (Å²) in [6.45, 7) is 11.6. The van der Waals surface area contributed by atoms with E-state index in [1.807, 2.05) is 0 Å². The standard InChI is InChI=1S/C32H55FO2/c1-6-31(34)20-17-29(4)23(21-31)7-8-24-26-10-9-25(30(26,5)13-12-27(24)29)22(2)11-14-32(35)18-15-28(3,33)16-19-32/h22-27,34-35H,6-21H2,1-5H3/t22-,23+,24+,25-,26+,27+,28?,29+,30-,31+,32?/m1/s1. The lowest BCUT2D eigenvalue weighted by Crippen LogP contribution is -2.56. The van der Waals surface area contributed by atoms with Crippen LogP contribution in [0.4, 0.5) is 4.39 Å². The first-order chi connectivity index (χ1) is 16.3. The number of rotatable bonds is 5. The average Bonchev–Trinajstić information content (AvgIpc) is 3.18. The van der Waals surface area contributed by atoms with Crippen LogP contribution in [0.1, 0.15) is 137 Å². The van der Waals surface area contributed by atoms with Crippen molar-refractivity contribution in [1.29, 1.82) is 0 Å². The highest BCUT2D eigenvalue weighted by atomic mass is 19.1. The van der Waals surface area contributed by atoms with Gasteiger partial charge in [0.05, 0.1) is 11.2 Å². The molecule has 0 aromatic rings. The Morgan fingerprint density at radius 2 is 1.43 bits per heavy atom. The van der Waals surface area contributed by atoms with Crippen molar-refractivity contribution in [3.05, 3.63) is 0 Å². The molecule has 5 saturated carbocycles. The molecule has 0 saturated heterocycles. The number of hydrogen-bond donors (Lipinski definition) is 2. The first-order valence-corrected chi connectivity index (χ1v) is 15.5. The van der Waals surface area contributed by atoms with Crippen LogP contribution in [-0.4, -0.2) is 27.1 Å². The second kappa shape index (κ2) is 8.96. The zero-order chi connectivity index (χ0) is 25.3. The fourth-order valence-electron chi connectivity index (χ4n) is 10.8. The molecule has 0 unspecified atom stereocenters. The summed E-state index contributed by atoms with van der Waals surface area (Å²) >= 11 is 0. The molecule has 0 radical (unpaired) electrons. The highest BCUT2D eigenvalue weighted by molar-refractivity contribution is 5.11. The molecule has 2 N–H and O–H groups in total. The van der Waals surface area contributed by atoms with Gasteiger partial charge in [-0.2, -0.15) is 0 Å². The number of aliphatic hydroxyl groups is 2. The van der Waals surface area contributed by atoms with Gasteiger partial charge in [-0.3, -0.25) is 0 Å². The lowest BCUT2D eigenvalue weighted by atomic mass is 9.43. The summed E-state index contributed by atoms with van der Waals surface area (Å²) in [5, 5.41) is 22.2. The van der Waals surface area contributed by atoms with E-state index in [0.29, 0.717) is 48.3 Å². The number of hydrogen-bond acceptors (Lipinski definition) is 2. The maximum atomic E-state index is 14.3. The first kappa shape index (κ1) is 26.5. The van der Waals surface area contributed by atoms with Crippen LogP contribution in [0, 0.1) is 46.3 Å². The molecule has 2 nitrogen and oxygen atoms in total. The van der Waals surface area contributed by atoms with E-state index >= 15 is 0 Å². The first-order valence-electron chi connectivity index (χ1n) is 15.5. The van der Waals surface area contributed by atoms with Gasteiger partial charge in [0.2, 0.25) is 0 Å². The van der Waals surface area contributed by atoms with Crippen LogP contribution in [0.15, 0.2) is 0 Å². The van der Waals surface area contributed by atoms with Gasteiger partial charge in [-0.05, 0) is 156 Å². The fraction of sp³-hybridized carbons (Fsp3) is 1.00. The predicted octanol–water partition coefficient (Wildman–Crippen LogP) is 8.24. The zero-order valence-corrected chi connectivity index (χ0v) is 23.6. The molecule has 0 amide bonds. The highest BCUT2D eigenvalue weighted by Gasteiger charge is 2.61. The van der Waals surface area contributed by atoms with Gasteiger partial charge in [-0.15, -0.1) is 0 Å². The van der Waals surface area contributed by atoms with Crippen LogP contribution in [0.5, 0.6) is 0 Å². The van der Waals surface area contributed by atoms with Crippen LogP contribution >= 0.6 is 0 Å². The molecule has 5 aliphatic carbocycles. The lowest BCUT2D eigenvalue weighted by molar-refractivity contribution is -0.153. The number of alkyl halides is 1. The Balaban J connectivity index is 1.24. The molecule has 3 heteroatoms. The average molecular weight is 491 g/mol. The number of halogens is 1. The minimum atomic E-state index is -1.08. The summed E-state index contributed by atoms with van der Waals surface area (Å²) in [5.41, 5.74) is -1.23. The summed E-state index contributed by atoms with van der Waals surface area (Å²) in [4.78, 5) is 0. The van der Waals surface area contributed by atoms with E-state index in [1.165, 1.54) is 44.9 Å². The molecule has 35 heavy (non-hydrogen) atoms. The highest BCUT2D eigenvalue weighted by Crippen LogP contribution is 2.69. The van der Waals surface area contributed by atoms with Crippen LogP contribution in [-0.2, 0) is 0 Å². The Morgan fingerprint density at radius 1 is 0.771 bits per heavy atom. The molecule has 5 aliphatic rings. The summed E-state index contributed by atoms with van der Waals surface area (Å²) in [6, 6.07) is 0. The normalized spacial score (nSPS) is 55.0. The Hall–Kier alpha value is -0.150. The van der Waals surface area contributed by atoms with Crippen LogP contribution in [0.25, 0.3) is 0 Å². The van der Waals surface area contributed by atoms with E-state index in [9.17, 15) is 14.6 Å². The van der Waals surface area contributed by atoms with Gasteiger partial charge in [0, 0.05) is 0 Å². The van der Waals surface area contributed by atoms with Crippen LogP contribution in [0.2, 0.25) is 0 Å². The molecule has 0 aromatic heterocycles. The Kier molecular flexibility index (Phi) is 6.77. The Bertz CT molecular complexity index is 770. The van der Waals surface area contributed by atoms with Gasteiger partial charge in [0.1, 0.15) is 5.67 Å². The maximum Gasteiger partial charge on any atom is 0.108 e. The topological polar surface area (TPSA) is 40.5 Å². The van der Waals surface area contributed by atoms with E-state index < -0.39 is 16.9 Å². The van der Waals surface area contributed by atoms with Gasteiger partial charge >= 0.3 is 0 Å². The molecule has 0 aliphatic heterocycles. The fourth-order valence-corrected chi connectivity index (χ4v) is 10.8. The summed E-state index contributed by atoms with van der Waals surface area (Å²) in [6.07, 6.45) is 16.7. The van der Waals surface area contributed by atoms with Crippen molar-refractivity contribution in [1.82, 2.24) is 0 Å². The second-order valence-electron chi connectivity index (χ2n) is 15.3. The minimum Gasteiger partial charge on any atom is -0.390 e. The Morgan fingerprint density at radius 3 is 2.11 bits per heavy atom. The minimum absolute atomic E-state index is 0.403. The summed E-state index contributed by atoms with van der Waals surface area (Å²) in [5.74, 6) is 4.73. The van der Waals surface area contributed by atoms with E-state index in [2.05, 4.69) is 27.7 Å². The SMILES string of the molecule is CC[C@]1(O)CC[C@@]2(C)[C@@H](CC[C@@H]3[C@@H]2CC[C@]2(C)[C@@H]([C@H](C)CCC4(O)CCC(C)(F)CC4)CC[C@@H]32)C1. The van der Waals surface area contributed by atoms with Gasteiger partial charge < -0.3 is 10.2 Å². The van der Waals surface area contributed by atoms with Crippen molar-refractivity contribution in [2.45, 2.75) is 154 Å². The van der Waals surface area contributed by atoms with Crippen LogP contribution < -0.4 is 0 Å².